The molecule has 2 rings (SSSR count). The molecule has 11 heteroatoms. The zero-order chi connectivity index (χ0) is 17.9. The maximum Gasteiger partial charge on any atom is 0.405 e. The summed E-state index contributed by atoms with van der Waals surface area (Å²) in [5.74, 6) is -1.34. The fourth-order valence-corrected chi connectivity index (χ4v) is 2.68. The van der Waals surface area contributed by atoms with Crippen molar-refractivity contribution in [2.24, 2.45) is 0 Å². The number of nitrogens with zero attached hydrogens (tertiary/aromatic N) is 3. The van der Waals surface area contributed by atoms with Crippen molar-refractivity contribution < 1.29 is 27.6 Å². The van der Waals surface area contributed by atoms with Crippen LogP contribution in [0.2, 0.25) is 0 Å². The van der Waals surface area contributed by atoms with Crippen LogP contribution in [0, 0.1) is 0 Å². The van der Waals surface area contributed by atoms with E-state index in [1.165, 1.54) is 11.9 Å². The van der Waals surface area contributed by atoms with Crippen LogP contribution in [-0.2, 0) is 9.59 Å². The minimum absolute atomic E-state index is 0.141. The van der Waals surface area contributed by atoms with Crippen molar-refractivity contribution in [2.45, 2.75) is 12.2 Å². The van der Waals surface area contributed by atoms with E-state index in [2.05, 4.69) is 10.6 Å². The second-order valence-electron chi connectivity index (χ2n) is 5.77. The number of rotatable bonds is 5. The Morgan fingerprint density at radius 3 is 2.42 bits per heavy atom. The molecule has 0 spiro atoms. The molecule has 2 aliphatic heterocycles. The molecule has 2 heterocycles. The van der Waals surface area contributed by atoms with Gasteiger partial charge in [-0.25, -0.2) is 4.79 Å². The van der Waals surface area contributed by atoms with Gasteiger partial charge in [-0.1, -0.05) is 0 Å². The number of hydrogen-bond donors (Lipinski definition) is 2. The highest BCUT2D eigenvalue weighted by atomic mass is 19.4. The van der Waals surface area contributed by atoms with Crippen molar-refractivity contribution >= 4 is 17.8 Å². The minimum atomic E-state index is -4.48. The van der Waals surface area contributed by atoms with Gasteiger partial charge in [0, 0.05) is 39.8 Å². The third-order valence-electron chi connectivity index (χ3n) is 4.00. The predicted octanol–water partition coefficient (Wildman–Crippen LogP) is -1.17. The van der Waals surface area contributed by atoms with Crippen molar-refractivity contribution in [3.05, 3.63) is 0 Å². The summed E-state index contributed by atoms with van der Waals surface area (Å²) in [7, 11) is 1.40. The monoisotopic (exact) mass is 351 g/mol. The quantitative estimate of drug-likeness (QED) is 0.610. The van der Waals surface area contributed by atoms with Gasteiger partial charge < -0.3 is 15.5 Å². The van der Waals surface area contributed by atoms with E-state index < -0.39 is 43.2 Å². The van der Waals surface area contributed by atoms with Crippen LogP contribution in [0.1, 0.15) is 0 Å². The van der Waals surface area contributed by atoms with Gasteiger partial charge in [0.1, 0.15) is 19.1 Å². The first-order valence-corrected chi connectivity index (χ1v) is 7.54. The Morgan fingerprint density at radius 2 is 1.92 bits per heavy atom. The summed E-state index contributed by atoms with van der Waals surface area (Å²) in [5, 5.41) is 5.15. The molecular formula is C13H20F3N5O3. The number of likely N-dealkylation sites (N-methyl/N-ethyl adjacent to an activating group) is 1. The fourth-order valence-electron chi connectivity index (χ4n) is 2.68. The smallest absolute Gasteiger partial charge is 0.353 e. The largest absolute Gasteiger partial charge is 0.405 e. The van der Waals surface area contributed by atoms with Gasteiger partial charge in [0.25, 0.3) is 5.91 Å². The van der Waals surface area contributed by atoms with Crippen LogP contribution < -0.4 is 10.6 Å². The molecular weight excluding hydrogens is 331 g/mol. The SMILES string of the molecule is CN1CC(=O)N(CC(=O)NCC(N2CCNCC2)C(F)(F)F)C1=O. The Hall–Kier alpha value is -1.88. The van der Waals surface area contributed by atoms with Crippen molar-refractivity contribution in [2.75, 3.05) is 52.9 Å². The highest BCUT2D eigenvalue weighted by Crippen LogP contribution is 2.24. The van der Waals surface area contributed by atoms with E-state index in [0.29, 0.717) is 13.1 Å². The number of urea groups is 1. The number of halogens is 3. The molecule has 0 aromatic heterocycles. The Bertz CT molecular complexity index is 508. The van der Waals surface area contributed by atoms with Crippen LogP contribution in [0.25, 0.3) is 0 Å². The second-order valence-corrected chi connectivity index (χ2v) is 5.77. The molecule has 136 valence electrons. The van der Waals surface area contributed by atoms with E-state index in [0.717, 1.165) is 9.80 Å². The van der Waals surface area contributed by atoms with E-state index >= 15 is 0 Å². The molecule has 0 aromatic rings. The third-order valence-corrected chi connectivity index (χ3v) is 4.00. The zero-order valence-corrected chi connectivity index (χ0v) is 13.2. The Balaban J connectivity index is 1.90. The molecule has 0 bridgehead atoms. The second kappa shape index (κ2) is 7.34. The molecule has 1 unspecified atom stereocenters. The molecule has 0 aromatic carbocycles. The average molecular weight is 351 g/mol. The number of imide groups is 1. The lowest BCUT2D eigenvalue weighted by Crippen LogP contribution is -2.58. The number of nitrogens with one attached hydrogen (secondary N) is 2. The number of carbonyl (C=O) groups is 3. The maximum absolute atomic E-state index is 13.2. The van der Waals surface area contributed by atoms with E-state index in [-0.39, 0.29) is 19.6 Å². The van der Waals surface area contributed by atoms with Crippen LogP contribution in [-0.4, -0.2) is 97.6 Å². The fraction of sp³-hybridized carbons (Fsp3) is 0.769. The lowest BCUT2D eigenvalue weighted by molar-refractivity contribution is -0.184. The number of amides is 4. The normalized spacial score (nSPS) is 21.3. The molecule has 2 aliphatic rings. The summed E-state index contributed by atoms with van der Waals surface area (Å²) < 4.78 is 39.6. The van der Waals surface area contributed by atoms with Gasteiger partial charge in [0.05, 0.1) is 0 Å². The maximum atomic E-state index is 13.2. The predicted molar refractivity (Wildman–Crippen MR) is 77.0 cm³/mol. The van der Waals surface area contributed by atoms with Crippen LogP contribution in [0.3, 0.4) is 0 Å². The molecule has 8 nitrogen and oxygen atoms in total. The Kier molecular flexibility index (Phi) is 5.65. The van der Waals surface area contributed by atoms with Gasteiger partial charge in [0.15, 0.2) is 0 Å². The summed E-state index contributed by atoms with van der Waals surface area (Å²) in [5.41, 5.74) is 0. The van der Waals surface area contributed by atoms with Crippen LogP contribution in [0.15, 0.2) is 0 Å². The van der Waals surface area contributed by atoms with Crippen LogP contribution in [0.5, 0.6) is 0 Å². The first-order valence-electron chi connectivity index (χ1n) is 7.54. The van der Waals surface area contributed by atoms with Gasteiger partial charge in [-0.2, -0.15) is 13.2 Å². The van der Waals surface area contributed by atoms with Crippen molar-refractivity contribution in [1.29, 1.82) is 0 Å². The summed E-state index contributed by atoms with van der Waals surface area (Å²) >= 11 is 0. The molecule has 1 atom stereocenters. The minimum Gasteiger partial charge on any atom is -0.353 e. The highest BCUT2D eigenvalue weighted by Gasteiger charge is 2.44. The van der Waals surface area contributed by atoms with Crippen LogP contribution in [0.4, 0.5) is 18.0 Å². The van der Waals surface area contributed by atoms with E-state index in [4.69, 9.17) is 0 Å². The molecule has 2 saturated heterocycles. The highest BCUT2D eigenvalue weighted by molar-refractivity contribution is 6.04. The van der Waals surface area contributed by atoms with E-state index in [1.54, 1.807) is 0 Å². The zero-order valence-electron chi connectivity index (χ0n) is 13.2. The van der Waals surface area contributed by atoms with Crippen molar-refractivity contribution in [3.63, 3.8) is 0 Å². The molecule has 0 radical (unpaired) electrons. The van der Waals surface area contributed by atoms with Gasteiger partial charge in [-0.15, -0.1) is 0 Å². The summed E-state index contributed by atoms with van der Waals surface area (Å²) in [4.78, 5) is 38.2. The van der Waals surface area contributed by atoms with Crippen molar-refractivity contribution in [1.82, 2.24) is 25.3 Å². The van der Waals surface area contributed by atoms with Crippen molar-refractivity contribution in [3.8, 4) is 0 Å². The van der Waals surface area contributed by atoms with Gasteiger partial charge in [-0.3, -0.25) is 19.4 Å². The lowest BCUT2D eigenvalue weighted by Gasteiger charge is -2.36. The third kappa shape index (κ3) is 4.35. The number of piperazine rings is 1. The summed E-state index contributed by atoms with van der Waals surface area (Å²) in [6, 6.07) is -2.43. The van der Waals surface area contributed by atoms with Gasteiger partial charge in [-0.05, 0) is 0 Å². The summed E-state index contributed by atoms with van der Waals surface area (Å²) in [6.45, 7) is 0.0236. The number of carbonyl (C=O) groups excluding carboxylic acids is 3. The van der Waals surface area contributed by atoms with Gasteiger partial charge in [0.2, 0.25) is 5.91 Å². The number of hydrogen-bond acceptors (Lipinski definition) is 5. The molecule has 2 fully saturated rings. The first kappa shape index (κ1) is 18.5. The Labute approximate surface area is 136 Å². The molecule has 0 saturated carbocycles. The first-order chi connectivity index (χ1) is 11.2. The standard InChI is InChI=1S/C13H20F3N5O3/c1-19-8-11(23)21(12(19)24)7-10(22)18-6-9(13(14,15)16)20-4-2-17-3-5-20/h9,17H,2-8H2,1H3,(H,18,22). The number of alkyl halides is 3. The van der Waals surface area contributed by atoms with Gasteiger partial charge >= 0.3 is 12.2 Å². The molecule has 4 amide bonds. The summed E-state index contributed by atoms with van der Waals surface area (Å²) in [6.07, 6.45) is -4.48. The van der Waals surface area contributed by atoms with Crippen LogP contribution >= 0.6 is 0 Å². The molecule has 24 heavy (non-hydrogen) atoms. The molecule has 0 aliphatic carbocycles. The lowest BCUT2D eigenvalue weighted by atomic mass is 10.2. The molecule has 2 N–H and O–H groups in total. The Morgan fingerprint density at radius 1 is 1.29 bits per heavy atom. The topological polar surface area (TPSA) is 85.0 Å². The average Bonchev–Trinajstić information content (AvgIpc) is 2.73. The van der Waals surface area contributed by atoms with E-state index in [9.17, 15) is 27.6 Å². The van der Waals surface area contributed by atoms with E-state index in [1.807, 2.05) is 0 Å².